The molecule has 0 saturated heterocycles. The van der Waals surface area contributed by atoms with E-state index in [-0.39, 0.29) is 16.2 Å². The summed E-state index contributed by atoms with van der Waals surface area (Å²) in [6.07, 6.45) is 5.69. The number of hydrogen-bond donors (Lipinski definition) is 0. The first-order chi connectivity index (χ1) is 25.4. The molecule has 0 atom stereocenters. The number of hydrogen-bond acceptors (Lipinski definition) is 0. The second kappa shape index (κ2) is 10.1. The third-order valence-electron chi connectivity index (χ3n) is 13.9. The van der Waals surface area contributed by atoms with Crippen molar-refractivity contribution in [3.63, 3.8) is 0 Å². The Morgan fingerprint density at radius 1 is 0.396 bits per heavy atom. The van der Waals surface area contributed by atoms with Gasteiger partial charge in [0.1, 0.15) is 0 Å². The van der Waals surface area contributed by atoms with Gasteiger partial charge in [-0.3, -0.25) is 0 Å². The van der Waals surface area contributed by atoms with Crippen LogP contribution in [0.15, 0.2) is 127 Å². The second-order valence-corrected chi connectivity index (χ2v) is 17.8. The van der Waals surface area contributed by atoms with Crippen LogP contribution in [0.2, 0.25) is 0 Å². The minimum Gasteiger partial charge on any atom is -0.0616 e. The molecule has 0 heteroatoms. The molecule has 0 unspecified atom stereocenters. The Labute approximate surface area is 313 Å². The summed E-state index contributed by atoms with van der Waals surface area (Å²) < 4.78 is 0. The lowest BCUT2D eigenvalue weighted by molar-refractivity contribution is 0.652. The lowest BCUT2D eigenvalue weighted by atomic mass is 9.79. The van der Waals surface area contributed by atoms with Crippen molar-refractivity contribution in [1.29, 1.82) is 0 Å². The number of allylic oxidation sites excluding steroid dienone is 4. The van der Waals surface area contributed by atoms with Crippen LogP contribution in [0.3, 0.4) is 0 Å². The third-order valence-corrected chi connectivity index (χ3v) is 13.9. The van der Waals surface area contributed by atoms with E-state index in [0.29, 0.717) is 0 Å². The average molecular weight is 681 g/mol. The Morgan fingerprint density at radius 3 is 1.66 bits per heavy atom. The van der Waals surface area contributed by atoms with Crippen LogP contribution in [0.4, 0.5) is 0 Å². The quantitative estimate of drug-likeness (QED) is 0.170. The molecule has 0 aliphatic heterocycles. The highest BCUT2D eigenvalue weighted by molar-refractivity contribution is 6.05. The summed E-state index contributed by atoms with van der Waals surface area (Å²) in [6, 6.07) is 44.6. The van der Waals surface area contributed by atoms with Crippen molar-refractivity contribution in [2.75, 3.05) is 0 Å². The Hall–Kier alpha value is -5.46. The fraction of sp³-hybridized carbons (Fsp3) is 0.208. The van der Waals surface area contributed by atoms with Crippen molar-refractivity contribution in [2.45, 2.75) is 71.1 Å². The molecule has 0 nitrogen and oxygen atoms in total. The van der Waals surface area contributed by atoms with Gasteiger partial charge in [0.2, 0.25) is 0 Å². The van der Waals surface area contributed by atoms with Crippen LogP contribution in [0.5, 0.6) is 0 Å². The predicted octanol–water partition coefficient (Wildman–Crippen LogP) is 14.1. The minimum absolute atomic E-state index is 0.0456. The smallest absolute Gasteiger partial charge is 0.0159 e. The molecule has 4 aliphatic rings. The molecule has 0 bridgehead atoms. The topological polar surface area (TPSA) is 0 Å². The van der Waals surface area contributed by atoms with Gasteiger partial charge in [0.05, 0.1) is 0 Å². The van der Waals surface area contributed by atoms with Crippen molar-refractivity contribution >= 4 is 32.7 Å². The van der Waals surface area contributed by atoms with E-state index in [4.69, 9.17) is 0 Å². The molecule has 0 radical (unpaired) electrons. The second-order valence-electron chi connectivity index (χ2n) is 17.8. The third kappa shape index (κ3) is 3.97. The van der Waals surface area contributed by atoms with E-state index in [2.05, 4.69) is 176 Å². The first kappa shape index (κ1) is 31.1. The Morgan fingerprint density at radius 2 is 0.925 bits per heavy atom. The van der Waals surface area contributed by atoms with Crippen molar-refractivity contribution < 1.29 is 0 Å². The van der Waals surface area contributed by atoms with E-state index in [1.165, 1.54) is 116 Å². The van der Waals surface area contributed by atoms with E-state index in [1.807, 2.05) is 0 Å². The van der Waals surface area contributed by atoms with Gasteiger partial charge in [-0.15, -0.1) is 0 Å². The number of aryl methyl sites for hydroxylation is 1. The van der Waals surface area contributed by atoms with Crippen molar-refractivity contribution in [2.24, 2.45) is 0 Å². The van der Waals surface area contributed by atoms with Crippen LogP contribution in [0.25, 0.3) is 66.1 Å². The molecule has 7 aromatic rings. The number of benzene rings is 7. The Bertz CT molecular complexity index is 2880. The maximum atomic E-state index is 2.55. The van der Waals surface area contributed by atoms with Gasteiger partial charge in [-0.1, -0.05) is 145 Å². The molecule has 53 heavy (non-hydrogen) atoms. The van der Waals surface area contributed by atoms with Gasteiger partial charge in [0, 0.05) is 16.2 Å². The molecule has 0 saturated carbocycles. The average Bonchev–Trinajstić information content (AvgIpc) is 3.86. The summed E-state index contributed by atoms with van der Waals surface area (Å²) in [5.41, 5.74) is 23.8. The SMILES string of the molecule is Cc1cc2c(c3ccccc13)-c1ccc(C3=CC=C(c4ccc5c(c4)C(C)(C)c4cc6c(cc4-5)C(C)(C)c4ccc5ccccc5c4-6)C3)cc1C2(C)C. The molecule has 0 spiro atoms. The van der Waals surface area contributed by atoms with Crippen LogP contribution < -0.4 is 0 Å². The Balaban J connectivity index is 0.933. The highest BCUT2D eigenvalue weighted by atomic mass is 14.5. The van der Waals surface area contributed by atoms with Crippen molar-refractivity contribution in [1.82, 2.24) is 0 Å². The van der Waals surface area contributed by atoms with Gasteiger partial charge in [-0.05, 0) is 154 Å². The van der Waals surface area contributed by atoms with Gasteiger partial charge in [-0.25, -0.2) is 0 Å². The molecular formula is C53H44. The monoisotopic (exact) mass is 680 g/mol. The summed E-state index contributed by atoms with van der Waals surface area (Å²) in [5, 5.41) is 5.42. The molecule has 0 N–H and O–H groups in total. The number of fused-ring (bicyclic) bond motifs is 13. The normalized spacial score (nSPS) is 17.6. The first-order valence-electron chi connectivity index (χ1n) is 19.4. The van der Waals surface area contributed by atoms with Crippen molar-refractivity contribution in [3.05, 3.63) is 177 Å². The zero-order valence-corrected chi connectivity index (χ0v) is 31.8. The van der Waals surface area contributed by atoms with Gasteiger partial charge in [-0.2, -0.15) is 0 Å². The predicted molar refractivity (Wildman–Crippen MR) is 226 cm³/mol. The zero-order valence-electron chi connectivity index (χ0n) is 31.8. The first-order valence-corrected chi connectivity index (χ1v) is 19.4. The highest BCUT2D eigenvalue weighted by Crippen LogP contribution is 2.58. The maximum absolute atomic E-state index is 2.55. The fourth-order valence-corrected chi connectivity index (χ4v) is 10.8. The lowest BCUT2D eigenvalue weighted by Crippen LogP contribution is -2.17. The molecule has 7 aromatic carbocycles. The molecule has 0 amide bonds. The van der Waals surface area contributed by atoms with Gasteiger partial charge in [0.25, 0.3) is 0 Å². The van der Waals surface area contributed by atoms with E-state index < -0.39 is 0 Å². The summed E-state index contributed by atoms with van der Waals surface area (Å²) in [6.45, 7) is 16.7. The maximum Gasteiger partial charge on any atom is 0.0159 e. The van der Waals surface area contributed by atoms with Gasteiger partial charge >= 0.3 is 0 Å². The van der Waals surface area contributed by atoms with Crippen LogP contribution in [-0.4, -0.2) is 0 Å². The van der Waals surface area contributed by atoms with Gasteiger partial charge in [0.15, 0.2) is 0 Å². The van der Waals surface area contributed by atoms with Crippen LogP contribution in [-0.2, 0) is 16.2 Å². The van der Waals surface area contributed by atoms with Crippen molar-refractivity contribution in [3.8, 4) is 33.4 Å². The number of rotatable bonds is 2. The lowest BCUT2D eigenvalue weighted by Gasteiger charge is -2.24. The summed E-state index contributed by atoms with van der Waals surface area (Å²) >= 11 is 0. The van der Waals surface area contributed by atoms with E-state index in [9.17, 15) is 0 Å². The Kier molecular flexibility index (Phi) is 5.95. The van der Waals surface area contributed by atoms with Crippen LogP contribution >= 0.6 is 0 Å². The zero-order chi connectivity index (χ0) is 36.2. The summed E-state index contributed by atoms with van der Waals surface area (Å²) in [7, 11) is 0. The van der Waals surface area contributed by atoms with Gasteiger partial charge < -0.3 is 0 Å². The fourth-order valence-electron chi connectivity index (χ4n) is 10.8. The molecule has 4 aliphatic carbocycles. The van der Waals surface area contributed by atoms with E-state index in [0.717, 1.165) is 6.42 Å². The largest absolute Gasteiger partial charge is 0.0616 e. The molecule has 256 valence electrons. The molecule has 11 rings (SSSR count). The minimum atomic E-state index is -0.0916. The molecule has 0 fully saturated rings. The molecular weight excluding hydrogens is 637 g/mol. The van der Waals surface area contributed by atoms with Crippen LogP contribution in [0.1, 0.15) is 98.0 Å². The van der Waals surface area contributed by atoms with Crippen LogP contribution in [0, 0.1) is 6.92 Å². The molecule has 0 aromatic heterocycles. The standard InChI is InChI=1S/C53H44/c1-30-24-48-50(39-15-11-10-13-36(30)39)40-22-19-35(27-45(40)53(48,6)7)33-17-16-32(25-33)34-18-21-38-41-28-47-42(29-46(41)52(4,5)44(38)26-34)49-37-14-9-8-12-31(37)20-23-43(49)51(47,2)3/h8-24,26-29H,25H2,1-7H3. The van der Waals surface area contributed by atoms with E-state index in [1.54, 1.807) is 0 Å². The summed E-state index contributed by atoms with van der Waals surface area (Å²) in [5.74, 6) is 0. The summed E-state index contributed by atoms with van der Waals surface area (Å²) in [4.78, 5) is 0. The highest BCUT2D eigenvalue weighted by Gasteiger charge is 2.42. The molecule has 0 heterocycles. The van der Waals surface area contributed by atoms with E-state index >= 15 is 0 Å².